The Hall–Kier alpha value is -2.74. The first-order chi connectivity index (χ1) is 14.8. The molecule has 0 amide bonds. The van der Waals surface area contributed by atoms with Crippen LogP contribution in [0.5, 0.6) is 0 Å². The molecule has 0 aliphatic rings. The van der Waals surface area contributed by atoms with E-state index in [1.54, 1.807) is 19.3 Å². The summed E-state index contributed by atoms with van der Waals surface area (Å²) in [6.45, 7) is 0. The maximum absolute atomic E-state index is 13.0. The van der Waals surface area contributed by atoms with Crippen LogP contribution < -0.4 is 4.90 Å². The van der Waals surface area contributed by atoms with E-state index in [2.05, 4.69) is 10.3 Å². The van der Waals surface area contributed by atoms with E-state index in [-0.39, 0.29) is 11.5 Å². The van der Waals surface area contributed by atoms with Gasteiger partial charge in [0, 0.05) is 44.0 Å². The molecular weight excluding hydrogens is 412 g/mol. The fourth-order valence-electron chi connectivity index (χ4n) is 3.75. The van der Waals surface area contributed by atoms with Gasteiger partial charge in [0.05, 0.1) is 16.8 Å². The molecule has 0 aliphatic heterocycles. The molecular formula is C23H30N4O3S. The number of rotatable bonds is 11. The van der Waals surface area contributed by atoms with E-state index in [0.717, 1.165) is 42.1 Å². The molecule has 3 aromatic rings. The largest absolute Gasteiger partial charge is 0.377 e. The lowest BCUT2D eigenvalue weighted by Gasteiger charge is -2.17. The molecule has 0 N–H and O–H groups in total. The number of hydrogen-bond acceptors (Lipinski definition) is 6. The molecule has 0 atom stereocenters. The van der Waals surface area contributed by atoms with Crippen LogP contribution in [0.2, 0.25) is 0 Å². The quantitative estimate of drug-likeness (QED) is 0.329. The maximum atomic E-state index is 13.0. The molecule has 0 saturated carbocycles. The molecule has 3 rings (SSSR count). The van der Waals surface area contributed by atoms with E-state index in [0.29, 0.717) is 23.4 Å². The molecule has 8 heteroatoms. The Morgan fingerprint density at radius 2 is 1.65 bits per heavy atom. The van der Waals surface area contributed by atoms with Gasteiger partial charge in [0.15, 0.2) is 15.6 Å². The van der Waals surface area contributed by atoms with Gasteiger partial charge >= 0.3 is 0 Å². The van der Waals surface area contributed by atoms with Gasteiger partial charge in [-0.2, -0.15) is 0 Å². The van der Waals surface area contributed by atoms with Gasteiger partial charge in [0.25, 0.3) is 0 Å². The van der Waals surface area contributed by atoms with Gasteiger partial charge < -0.3 is 4.90 Å². The summed E-state index contributed by atoms with van der Waals surface area (Å²) in [4.78, 5) is 14.4. The molecule has 0 unspecified atom stereocenters. The number of anilines is 1. The SMILES string of the molecule is CN(C)c1cccc2c(S(=O)(=O)CCCCCCCC(=O)c3cn(C)nn3)cccc12. The van der Waals surface area contributed by atoms with Crippen molar-refractivity contribution < 1.29 is 13.2 Å². The molecule has 0 spiro atoms. The minimum Gasteiger partial charge on any atom is -0.377 e. The van der Waals surface area contributed by atoms with Crippen LogP contribution in [0, 0.1) is 0 Å². The number of sulfone groups is 1. The van der Waals surface area contributed by atoms with E-state index in [1.165, 1.54) is 4.68 Å². The van der Waals surface area contributed by atoms with Gasteiger partial charge in [-0.15, -0.1) is 5.10 Å². The third-order valence-electron chi connectivity index (χ3n) is 5.38. The number of unbranched alkanes of at least 4 members (excludes halogenated alkanes) is 4. The lowest BCUT2D eigenvalue weighted by atomic mass is 10.1. The van der Waals surface area contributed by atoms with Gasteiger partial charge in [-0.3, -0.25) is 9.48 Å². The van der Waals surface area contributed by atoms with Crippen LogP contribution in [0.4, 0.5) is 5.69 Å². The second-order valence-corrected chi connectivity index (χ2v) is 10.1. The highest BCUT2D eigenvalue weighted by Gasteiger charge is 2.18. The number of aryl methyl sites for hydroxylation is 1. The number of benzene rings is 2. The Morgan fingerprint density at radius 3 is 2.35 bits per heavy atom. The molecule has 7 nitrogen and oxygen atoms in total. The van der Waals surface area contributed by atoms with Crippen LogP contribution in [0.3, 0.4) is 0 Å². The van der Waals surface area contributed by atoms with E-state index >= 15 is 0 Å². The van der Waals surface area contributed by atoms with Crippen molar-refractivity contribution in [3.8, 4) is 0 Å². The average Bonchev–Trinajstić information content (AvgIpc) is 3.18. The molecule has 0 saturated heterocycles. The fourth-order valence-corrected chi connectivity index (χ4v) is 5.35. The first-order valence-corrected chi connectivity index (χ1v) is 12.3. The third kappa shape index (κ3) is 5.70. The first kappa shape index (κ1) is 22.9. The number of fused-ring (bicyclic) bond motifs is 1. The van der Waals surface area contributed by atoms with Crippen molar-refractivity contribution in [3.63, 3.8) is 0 Å². The number of hydrogen-bond donors (Lipinski definition) is 0. The second-order valence-electron chi connectivity index (χ2n) is 8.06. The Balaban J connectivity index is 1.49. The highest BCUT2D eigenvalue weighted by atomic mass is 32.2. The van der Waals surface area contributed by atoms with E-state index < -0.39 is 9.84 Å². The zero-order chi connectivity index (χ0) is 22.4. The predicted molar refractivity (Wildman–Crippen MR) is 123 cm³/mol. The zero-order valence-electron chi connectivity index (χ0n) is 18.4. The summed E-state index contributed by atoms with van der Waals surface area (Å²) in [5, 5.41) is 9.32. The summed E-state index contributed by atoms with van der Waals surface area (Å²) < 4.78 is 27.5. The molecule has 1 aromatic heterocycles. The Bertz CT molecular complexity index is 1150. The van der Waals surface area contributed by atoms with E-state index in [1.807, 2.05) is 49.3 Å². The van der Waals surface area contributed by atoms with Crippen molar-refractivity contribution in [2.75, 3.05) is 24.7 Å². The highest BCUT2D eigenvalue weighted by Crippen LogP contribution is 2.31. The van der Waals surface area contributed by atoms with Gasteiger partial charge in [0.1, 0.15) is 5.69 Å². The summed E-state index contributed by atoms with van der Waals surface area (Å²) in [7, 11) is 2.28. The van der Waals surface area contributed by atoms with Gasteiger partial charge in [0.2, 0.25) is 0 Å². The number of carbonyl (C=O) groups is 1. The fraction of sp³-hybridized carbons (Fsp3) is 0.435. The number of carbonyl (C=O) groups excluding carboxylic acids is 1. The van der Waals surface area contributed by atoms with Crippen molar-refractivity contribution in [3.05, 3.63) is 48.3 Å². The third-order valence-corrected chi connectivity index (χ3v) is 7.23. The smallest absolute Gasteiger partial charge is 0.184 e. The lowest BCUT2D eigenvalue weighted by molar-refractivity contribution is 0.0974. The number of nitrogens with zero attached hydrogens (tertiary/aromatic N) is 4. The standard InChI is InChI=1S/C23H30N4O3S/c1-26(2)21-13-9-12-19-18(21)11-10-15-23(19)31(29,30)16-8-6-4-5-7-14-22(28)20-17-27(3)25-24-20/h9-13,15,17H,4-8,14,16H2,1-3H3. The Labute approximate surface area is 184 Å². The molecule has 31 heavy (non-hydrogen) atoms. The first-order valence-electron chi connectivity index (χ1n) is 10.6. The second kappa shape index (κ2) is 10.0. The summed E-state index contributed by atoms with van der Waals surface area (Å²) in [6, 6.07) is 11.3. The number of ketones is 1. The predicted octanol–water partition coefficient (Wildman–Crippen LogP) is 4.03. The topological polar surface area (TPSA) is 85.2 Å². The van der Waals surface area contributed by atoms with Crippen LogP contribution in [0.15, 0.2) is 47.5 Å². The van der Waals surface area contributed by atoms with Crippen LogP contribution in [0.1, 0.15) is 49.0 Å². The molecule has 0 radical (unpaired) electrons. The molecule has 0 bridgehead atoms. The zero-order valence-corrected chi connectivity index (χ0v) is 19.2. The van der Waals surface area contributed by atoms with Crippen LogP contribution in [-0.4, -0.2) is 49.0 Å². The molecule has 0 fully saturated rings. The Kier molecular flexibility index (Phi) is 7.43. The van der Waals surface area contributed by atoms with E-state index in [4.69, 9.17) is 0 Å². The van der Waals surface area contributed by atoms with Crippen molar-refractivity contribution in [2.24, 2.45) is 7.05 Å². The minimum atomic E-state index is -3.36. The molecule has 1 heterocycles. The maximum Gasteiger partial charge on any atom is 0.184 e. The molecule has 0 aliphatic carbocycles. The summed E-state index contributed by atoms with van der Waals surface area (Å²) >= 11 is 0. The van der Waals surface area contributed by atoms with Crippen molar-refractivity contribution in [1.29, 1.82) is 0 Å². The average molecular weight is 443 g/mol. The monoisotopic (exact) mass is 442 g/mol. The summed E-state index contributed by atoms with van der Waals surface area (Å²) in [5.74, 6) is 0.139. The Morgan fingerprint density at radius 1 is 0.968 bits per heavy atom. The van der Waals surface area contributed by atoms with Crippen molar-refractivity contribution in [2.45, 2.75) is 43.4 Å². The molecule has 166 valence electrons. The van der Waals surface area contributed by atoms with E-state index in [9.17, 15) is 13.2 Å². The van der Waals surface area contributed by atoms with Crippen molar-refractivity contribution in [1.82, 2.24) is 15.0 Å². The van der Waals surface area contributed by atoms with Gasteiger partial charge in [-0.05, 0) is 25.0 Å². The number of aromatic nitrogens is 3. The van der Waals surface area contributed by atoms with Crippen molar-refractivity contribution >= 4 is 32.1 Å². The van der Waals surface area contributed by atoms with Gasteiger partial charge in [-0.1, -0.05) is 48.7 Å². The van der Waals surface area contributed by atoms with Crippen LogP contribution >= 0.6 is 0 Å². The van der Waals surface area contributed by atoms with Gasteiger partial charge in [-0.25, -0.2) is 8.42 Å². The normalized spacial score (nSPS) is 11.7. The lowest BCUT2D eigenvalue weighted by Crippen LogP contribution is -2.10. The van der Waals surface area contributed by atoms with Crippen LogP contribution in [0.25, 0.3) is 10.8 Å². The number of Topliss-reactive ketones (excluding diaryl/α,β-unsaturated/α-hetero) is 1. The minimum absolute atomic E-state index is 0.00345. The summed E-state index contributed by atoms with van der Waals surface area (Å²) in [6.07, 6.45) is 6.09. The summed E-state index contributed by atoms with van der Waals surface area (Å²) in [5.41, 5.74) is 1.41. The molecule has 2 aromatic carbocycles. The highest BCUT2D eigenvalue weighted by molar-refractivity contribution is 7.91. The van der Waals surface area contributed by atoms with Crippen LogP contribution in [-0.2, 0) is 16.9 Å².